The third kappa shape index (κ3) is 9.47. The van der Waals surface area contributed by atoms with Gasteiger partial charge in [0, 0.05) is 30.1 Å². The summed E-state index contributed by atoms with van der Waals surface area (Å²) in [5.74, 6) is -1.04. The molecule has 3 aromatic rings. The number of H-pyrrole nitrogens is 1. The lowest BCUT2D eigenvalue weighted by atomic mass is 10.0. The van der Waals surface area contributed by atoms with Gasteiger partial charge in [0.1, 0.15) is 11.6 Å². The fourth-order valence-electron chi connectivity index (χ4n) is 3.59. The average Bonchev–Trinajstić information content (AvgIpc) is 3.28. The van der Waals surface area contributed by atoms with E-state index in [1.165, 1.54) is 0 Å². The zero-order chi connectivity index (χ0) is 27.5. The Kier molecular flexibility index (Phi) is 10.2. The lowest BCUT2D eigenvalue weighted by Gasteiger charge is -2.23. The number of amides is 4. The maximum Gasteiger partial charge on any atom is 0.408 e. The van der Waals surface area contributed by atoms with Gasteiger partial charge in [-0.05, 0) is 44.4 Å². The van der Waals surface area contributed by atoms with Crippen LogP contribution in [0.1, 0.15) is 31.9 Å². The van der Waals surface area contributed by atoms with Crippen LogP contribution >= 0.6 is 11.8 Å². The molecule has 1 heterocycles. The van der Waals surface area contributed by atoms with Gasteiger partial charge in [0.05, 0.1) is 5.75 Å². The summed E-state index contributed by atoms with van der Waals surface area (Å²) in [5.41, 5.74) is 6.66. The molecule has 2 aromatic carbocycles. The molecule has 0 spiro atoms. The minimum atomic E-state index is -1.03. The molecule has 1 aromatic heterocycles. The Bertz CT molecular complexity index is 1260. The molecule has 0 saturated heterocycles. The summed E-state index contributed by atoms with van der Waals surface area (Å²) in [6.45, 7) is 5.61. The van der Waals surface area contributed by atoms with Crippen molar-refractivity contribution in [3.05, 3.63) is 71.9 Å². The Labute approximate surface area is 225 Å². The summed E-state index contributed by atoms with van der Waals surface area (Å²) < 4.78 is 5.30. The van der Waals surface area contributed by atoms with Crippen LogP contribution < -0.4 is 21.5 Å². The van der Waals surface area contributed by atoms with Gasteiger partial charge < -0.3 is 20.4 Å². The zero-order valence-corrected chi connectivity index (χ0v) is 22.4. The molecule has 0 radical (unpaired) electrons. The van der Waals surface area contributed by atoms with E-state index < -0.39 is 28.9 Å². The largest absolute Gasteiger partial charge is 0.444 e. The van der Waals surface area contributed by atoms with E-state index in [4.69, 9.17) is 4.74 Å². The highest BCUT2D eigenvalue weighted by Gasteiger charge is 2.26. The first-order valence-corrected chi connectivity index (χ1v) is 13.2. The van der Waals surface area contributed by atoms with Crippen molar-refractivity contribution < 1.29 is 23.9 Å². The SMILES string of the molecule is CC(C)(C)OC(=O)N[C@H](Cc1c[nH]c2ccccc12)C(=O)NNC(=O)SCC(=O)NCCc1ccccc1. The van der Waals surface area contributed by atoms with Crippen LogP contribution in [0.15, 0.2) is 60.8 Å². The van der Waals surface area contributed by atoms with Crippen LogP contribution in [0.4, 0.5) is 9.59 Å². The van der Waals surface area contributed by atoms with Crippen LogP contribution in [0.25, 0.3) is 10.9 Å². The van der Waals surface area contributed by atoms with Crippen molar-refractivity contribution in [2.24, 2.45) is 0 Å². The molecule has 0 unspecified atom stereocenters. The van der Waals surface area contributed by atoms with E-state index in [2.05, 4.69) is 26.5 Å². The molecule has 0 aliphatic rings. The van der Waals surface area contributed by atoms with Gasteiger partial charge in [0.15, 0.2) is 0 Å². The minimum absolute atomic E-state index is 0.106. The zero-order valence-electron chi connectivity index (χ0n) is 21.6. The molecule has 0 saturated carbocycles. The smallest absolute Gasteiger partial charge is 0.408 e. The molecule has 3 rings (SSSR count). The molecule has 0 aliphatic heterocycles. The molecule has 11 heteroatoms. The minimum Gasteiger partial charge on any atom is -0.444 e. The number of nitrogens with one attached hydrogen (secondary N) is 5. The molecule has 38 heavy (non-hydrogen) atoms. The number of hydrazine groups is 1. The summed E-state index contributed by atoms with van der Waals surface area (Å²) >= 11 is 0.720. The van der Waals surface area contributed by atoms with Gasteiger partial charge in [-0.15, -0.1) is 0 Å². The van der Waals surface area contributed by atoms with Crippen molar-refractivity contribution in [1.82, 2.24) is 26.5 Å². The molecule has 1 atom stereocenters. The highest BCUT2D eigenvalue weighted by atomic mass is 32.2. The van der Waals surface area contributed by atoms with E-state index in [1.54, 1.807) is 27.0 Å². The van der Waals surface area contributed by atoms with Gasteiger partial charge in [0.25, 0.3) is 11.1 Å². The van der Waals surface area contributed by atoms with E-state index >= 15 is 0 Å². The van der Waals surface area contributed by atoms with Crippen molar-refractivity contribution in [2.45, 2.75) is 45.3 Å². The first-order chi connectivity index (χ1) is 18.1. The van der Waals surface area contributed by atoms with Crippen LogP contribution in [0.5, 0.6) is 0 Å². The molecule has 0 bridgehead atoms. The number of rotatable bonds is 9. The molecular weight excluding hydrogens is 506 g/mol. The van der Waals surface area contributed by atoms with E-state index in [1.807, 2.05) is 54.6 Å². The summed E-state index contributed by atoms with van der Waals surface area (Å²) in [6.07, 6.45) is 1.85. The summed E-state index contributed by atoms with van der Waals surface area (Å²) in [7, 11) is 0. The predicted molar refractivity (Wildman–Crippen MR) is 147 cm³/mol. The Balaban J connectivity index is 1.50. The standard InChI is InChI=1S/C27H33N5O5S/c1-27(2,3)37-25(35)30-22(15-19-16-29-21-12-8-7-11-20(19)21)24(34)31-32-26(36)38-17-23(33)28-14-13-18-9-5-4-6-10-18/h4-12,16,22,29H,13-15,17H2,1-3H3,(H,28,33)(H,30,35)(H,31,34)(H,32,36)/t22-/m1/s1. The van der Waals surface area contributed by atoms with Crippen molar-refractivity contribution in [3.8, 4) is 0 Å². The number of para-hydroxylation sites is 1. The fraction of sp³-hybridized carbons (Fsp3) is 0.333. The van der Waals surface area contributed by atoms with Gasteiger partial charge in [-0.2, -0.15) is 0 Å². The van der Waals surface area contributed by atoms with Crippen molar-refractivity contribution in [2.75, 3.05) is 12.3 Å². The number of alkyl carbamates (subject to hydrolysis) is 1. The number of ether oxygens (including phenoxy) is 1. The second-order valence-corrected chi connectivity index (χ2v) is 10.5. The molecule has 202 valence electrons. The highest BCUT2D eigenvalue weighted by molar-refractivity contribution is 8.14. The van der Waals surface area contributed by atoms with Crippen molar-refractivity contribution in [3.63, 3.8) is 0 Å². The number of hydrogen-bond donors (Lipinski definition) is 5. The number of carbonyl (C=O) groups is 4. The van der Waals surface area contributed by atoms with Crippen molar-refractivity contribution >= 4 is 45.8 Å². The summed E-state index contributed by atoms with van der Waals surface area (Å²) in [5, 5.41) is 5.64. The fourth-order valence-corrected chi connectivity index (χ4v) is 4.08. The Hall–Kier alpha value is -3.99. The van der Waals surface area contributed by atoms with Gasteiger partial charge >= 0.3 is 6.09 Å². The number of carbonyl (C=O) groups excluding carboxylic acids is 4. The summed E-state index contributed by atoms with van der Waals surface area (Å²) in [4.78, 5) is 52.7. The van der Waals surface area contributed by atoms with E-state index in [9.17, 15) is 19.2 Å². The maximum atomic E-state index is 12.9. The monoisotopic (exact) mass is 539 g/mol. The first kappa shape index (κ1) is 28.6. The van der Waals surface area contributed by atoms with Crippen LogP contribution in [0.2, 0.25) is 0 Å². The third-order valence-electron chi connectivity index (χ3n) is 5.31. The van der Waals surface area contributed by atoms with Crippen LogP contribution in [-0.2, 0) is 27.2 Å². The molecule has 10 nitrogen and oxygen atoms in total. The predicted octanol–water partition coefficient (Wildman–Crippen LogP) is 3.44. The quantitative estimate of drug-likeness (QED) is 0.264. The lowest BCUT2D eigenvalue weighted by molar-refractivity contribution is -0.123. The van der Waals surface area contributed by atoms with E-state index in [0.29, 0.717) is 13.0 Å². The highest BCUT2D eigenvalue weighted by Crippen LogP contribution is 2.19. The Morgan fingerprint density at radius 1 is 0.974 bits per heavy atom. The molecule has 5 N–H and O–H groups in total. The van der Waals surface area contributed by atoms with Crippen LogP contribution in [0.3, 0.4) is 0 Å². The number of thioether (sulfide) groups is 1. The topological polar surface area (TPSA) is 141 Å². The molecule has 4 amide bonds. The Morgan fingerprint density at radius 3 is 2.42 bits per heavy atom. The van der Waals surface area contributed by atoms with Gasteiger partial charge in [-0.3, -0.25) is 25.2 Å². The number of aromatic nitrogens is 1. The number of benzene rings is 2. The van der Waals surface area contributed by atoms with Gasteiger partial charge in [-0.1, -0.05) is 60.3 Å². The van der Waals surface area contributed by atoms with Gasteiger partial charge in [0.2, 0.25) is 5.91 Å². The normalized spacial score (nSPS) is 11.9. The molecule has 0 aliphatic carbocycles. The van der Waals surface area contributed by atoms with E-state index in [-0.39, 0.29) is 18.1 Å². The maximum absolute atomic E-state index is 12.9. The average molecular weight is 540 g/mol. The molecule has 0 fully saturated rings. The lowest BCUT2D eigenvalue weighted by Crippen LogP contribution is -2.53. The molecular formula is C27H33N5O5S. The first-order valence-electron chi connectivity index (χ1n) is 12.2. The Morgan fingerprint density at radius 2 is 1.68 bits per heavy atom. The number of hydrogen-bond acceptors (Lipinski definition) is 6. The van der Waals surface area contributed by atoms with Crippen LogP contribution in [0, 0.1) is 0 Å². The van der Waals surface area contributed by atoms with Crippen LogP contribution in [-0.4, -0.2) is 52.1 Å². The number of aromatic amines is 1. The van der Waals surface area contributed by atoms with Crippen molar-refractivity contribution in [1.29, 1.82) is 0 Å². The number of fused-ring (bicyclic) bond motifs is 1. The van der Waals surface area contributed by atoms with Gasteiger partial charge in [-0.25, -0.2) is 4.79 Å². The second kappa shape index (κ2) is 13.5. The third-order valence-corrected chi connectivity index (χ3v) is 6.08. The van der Waals surface area contributed by atoms with E-state index in [0.717, 1.165) is 33.8 Å². The summed E-state index contributed by atoms with van der Waals surface area (Å²) in [6, 6.07) is 16.3. The second-order valence-electron chi connectivity index (χ2n) is 9.54.